The topological polar surface area (TPSA) is 84.6 Å². The van der Waals surface area contributed by atoms with Crippen LogP contribution in [-0.4, -0.2) is 46.9 Å². The predicted molar refractivity (Wildman–Crippen MR) is 108 cm³/mol. The minimum atomic E-state index is -0.0830. The highest BCUT2D eigenvalue weighted by atomic mass is 16.2. The van der Waals surface area contributed by atoms with Crippen molar-refractivity contribution in [3.8, 4) is 22.8 Å². The molecule has 4 aromatic rings. The molecule has 1 aliphatic rings. The van der Waals surface area contributed by atoms with Gasteiger partial charge in [-0.15, -0.1) is 10.2 Å². The number of carbonyl (C=O) groups excluding carboxylic acids is 1. The van der Waals surface area contributed by atoms with Crippen molar-refractivity contribution in [1.29, 1.82) is 0 Å². The summed E-state index contributed by atoms with van der Waals surface area (Å²) in [4.78, 5) is 14.9. The van der Waals surface area contributed by atoms with Crippen LogP contribution in [0.5, 0.6) is 0 Å². The first-order valence-electron chi connectivity index (χ1n) is 9.57. The maximum atomic E-state index is 13.1. The van der Waals surface area contributed by atoms with E-state index in [1.807, 2.05) is 60.3 Å². The van der Waals surface area contributed by atoms with Gasteiger partial charge in [0.05, 0.1) is 18.3 Å². The third-order valence-electron chi connectivity index (χ3n) is 5.36. The van der Waals surface area contributed by atoms with Crippen LogP contribution in [-0.2, 0) is 13.6 Å². The van der Waals surface area contributed by atoms with E-state index in [4.69, 9.17) is 0 Å². The minimum absolute atomic E-state index is 0.0724. The molecule has 0 aliphatic carbocycles. The Morgan fingerprint density at radius 1 is 1.14 bits per heavy atom. The molecule has 29 heavy (non-hydrogen) atoms. The maximum absolute atomic E-state index is 13.1. The zero-order chi connectivity index (χ0) is 20.0. The second kappa shape index (κ2) is 6.73. The minimum Gasteiger partial charge on any atom is -0.349 e. The lowest BCUT2D eigenvalue weighted by molar-refractivity contribution is 0.0676. The Morgan fingerprint density at radius 3 is 2.72 bits per heavy atom. The largest absolute Gasteiger partial charge is 0.349 e. The maximum Gasteiger partial charge on any atom is 0.272 e. The van der Waals surface area contributed by atoms with E-state index in [1.165, 1.54) is 0 Å². The van der Waals surface area contributed by atoms with Crippen molar-refractivity contribution in [2.45, 2.75) is 19.5 Å². The number of aryl methyl sites for hydroxylation is 1. The van der Waals surface area contributed by atoms with Gasteiger partial charge in [0.25, 0.3) is 5.91 Å². The summed E-state index contributed by atoms with van der Waals surface area (Å²) >= 11 is 0. The van der Waals surface area contributed by atoms with Crippen molar-refractivity contribution in [3.05, 3.63) is 66.2 Å². The van der Waals surface area contributed by atoms with E-state index in [0.29, 0.717) is 18.8 Å². The molecule has 5 rings (SSSR count). The van der Waals surface area contributed by atoms with E-state index < -0.39 is 0 Å². The van der Waals surface area contributed by atoms with E-state index in [2.05, 4.69) is 31.9 Å². The lowest BCUT2D eigenvalue weighted by Crippen LogP contribution is -2.40. The summed E-state index contributed by atoms with van der Waals surface area (Å²) in [6, 6.07) is 15.8. The van der Waals surface area contributed by atoms with E-state index >= 15 is 0 Å². The highest BCUT2D eigenvalue weighted by Crippen LogP contribution is 2.28. The van der Waals surface area contributed by atoms with Crippen molar-refractivity contribution >= 4 is 5.91 Å². The third kappa shape index (κ3) is 2.93. The third-order valence-corrected chi connectivity index (χ3v) is 5.36. The molecular formula is C21H21N7O. The molecule has 0 bridgehead atoms. The van der Waals surface area contributed by atoms with Gasteiger partial charge in [-0.05, 0) is 25.1 Å². The monoisotopic (exact) mass is 387 g/mol. The Bertz CT molecular complexity index is 1170. The molecule has 8 heteroatoms. The molecule has 1 aliphatic heterocycles. The van der Waals surface area contributed by atoms with E-state index in [9.17, 15) is 4.79 Å². The SMILES string of the molecule is C[C@H]1CN(C(=O)c2cc(-c3cccn3C)n[nH]2)Cc2nnc(-c3ccccc3)n21. The van der Waals surface area contributed by atoms with Gasteiger partial charge in [-0.2, -0.15) is 5.10 Å². The second-order valence-corrected chi connectivity index (χ2v) is 7.38. The lowest BCUT2D eigenvalue weighted by atomic mass is 10.1. The summed E-state index contributed by atoms with van der Waals surface area (Å²) < 4.78 is 4.10. The number of hydrogen-bond acceptors (Lipinski definition) is 4. The van der Waals surface area contributed by atoms with Crippen LogP contribution in [0.1, 0.15) is 29.3 Å². The quantitative estimate of drug-likeness (QED) is 0.586. The first kappa shape index (κ1) is 17.4. The number of amides is 1. The van der Waals surface area contributed by atoms with Gasteiger partial charge in [-0.25, -0.2) is 0 Å². The predicted octanol–water partition coefficient (Wildman–Crippen LogP) is 2.89. The number of carbonyl (C=O) groups is 1. The smallest absolute Gasteiger partial charge is 0.272 e. The van der Waals surface area contributed by atoms with Crippen molar-refractivity contribution in [1.82, 2.24) is 34.4 Å². The zero-order valence-corrected chi connectivity index (χ0v) is 16.3. The Kier molecular flexibility index (Phi) is 4.04. The summed E-state index contributed by atoms with van der Waals surface area (Å²) in [5, 5.41) is 15.9. The number of hydrogen-bond donors (Lipinski definition) is 1. The zero-order valence-electron chi connectivity index (χ0n) is 16.3. The molecule has 4 heterocycles. The average Bonchev–Trinajstić information content (AvgIpc) is 3.47. The fourth-order valence-electron chi connectivity index (χ4n) is 3.93. The number of fused-ring (bicyclic) bond motifs is 1. The number of H-pyrrole nitrogens is 1. The summed E-state index contributed by atoms with van der Waals surface area (Å²) in [5.74, 6) is 1.55. The summed E-state index contributed by atoms with van der Waals surface area (Å²) in [6.45, 7) is 3.09. The van der Waals surface area contributed by atoms with Crippen molar-refractivity contribution in [3.63, 3.8) is 0 Å². The Labute approximate surface area is 167 Å². The Morgan fingerprint density at radius 2 is 1.97 bits per heavy atom. The molecule has 1 amide bonds. The van der Waals surface area contributed by atoms with Crippen LogP contribution in [0.15, 0.2) is 54.7 Å². The van der Waals surface area contributed by atoms with Gasteiger partial charge in [-0.1, -0.05) is 30.3 Å². The molecule has 0 spiro atoms. The molecule has 1 N–H and O–H groups in total. The summed E-state index contributed by atoms with van der Waals surface area (Å²) in [5.41, 5.74) is 3.21. The first-order valence-corrected chi connectivity index (χ1v) is 9.57. The number of nitrogens with one attached hydrogen (secondary N) is 1. The molecule has 1 atom stereocenters. The van der Waals surface area contributed by atoms with E-state index in [1.54, 1.807) is 11.0 Å². The summed E-state index contributed by atoms with van der Waals surface area (Å²) in [7, 11) is 1.95. The van der Waals surface area contributed by atoms with Crippen LogP contribution in [0.3, 0.4) is 0 Å². The van der Waals surface area contributed by atoms with Crippen molar-refractivity contribution < 1.29 is 4.79 Å². The Hall–Kier alpha value is -3.68. The fraction of sp³-hybridized carbons (Fsp3) is 0.238. The number of benzene rings is 1. The van der Waals surface area contributed by atoms with Gasteiger partial charge in [0, 0.05) is 25.4 Å². The van der Waals surface area contributed by atoms with Gasteiger partial charge in [0.1, 0.15) is 11.4 Å². The molecule has 1 aromatic carbocycles. The van der Waals surface area contributed by atoms with Gasteiger partial charge in [0.2, 0.25) is 0 Å². The van der Waals surface area contributed by atoms with Gasteiger partial charge in [0.15, 0.2) is 11.6 Å². The summed E-state index contributed by atoms with van der Waals surface area (Å²) in [6.07, 6.45) is 1.95. The van der Waals surface area contributed by atoms with Crippen LogP contribution in [0, 0.1) is 0 Å². The van der Waals surface area contributed by atoms with Crippen LogP contribution >= 0.6 is 0 Å². The molecule has 8 nitrogen and oxygen atoms in total. The van der Waals surface area contributed by atoms with Crippen LogP contribution in [0.2, 0.25) is 0 Å². The molecule has 0 unspecified atom stereocenters. The fourth-order valence-corrected chi connectivity index (χ4v) is 3.93. The molecular weight excluding hydrogens is 366 g/mol. The lowest BCUT2D eigenvalue weighted by Gasteiger charge is -2.32. The van der Waals surface area contributed by atoms with Gasteiger partial charge < -0.3 is 14.0 Å². The van der Waals surface area contributed by atoms with Gasteiger partial charge >= 0.3 is 0 Å². The standard InChI is InChI=1S/C21H21N7O/c1-14-12-27(13-19-24-25-20(28(14)19)15-7-4-3-5-8-15)21(29)17-11-16(22-23-17)18-9-6-10-26(18)2/h3-11,14H,12-13H2,1-2H3,(H,22,23)/t14-/m0/s1. The molecule has 0 fully saturated rings. The van der Waals surface area contributed by atoms with Crippen molar-refractivity contribution in [2.75, 3.05) is 6.54 Å². The number of nitrogens with zero attached hydrogens (tertiary/aromatic N) is 6. The highest BCUT2D eigenvalue weighted by molar-refractivity contribution is 5.93. The number of aromatic amines is 1. The first-order chi connectivity index (χ1) is 14.1. The molecule has 0 radical (unpaired) electrons. The van der Waals surface area contributed by atoms with Gasteiger partial charge in [-0.3, -0.25) is 9.89 Å². The van der Waals surface area contributed by atoms with Crippen molar-refractivity contribution in [2.24, 2.45) is 7.05 Å². The van der Waals surface area contributed by atoms with Crippen LogP contribution in [0.25, 0.3) is 22.8 Å². The van der Waals surface area contributed by atoms with Crippen LogP contribution < -0.4 is 0 Å². The molecule has 0 saturated carbocycles. The number of aromatic nitrogens is 6. The highest BCUT2D eigenvalue weighted by Gasteiger charge is 2.30. The Balaban J connectivity index is 1.41. The normalized spacial score (nSPS) is 16.1. The average molecular weight is 387 g/mol. The van der Waals surface area contributed by atoms with E-state index in [0.717, 1.165) is 28.6 Å². The van der Waals surface area contributed by atoms with Crippen LogP contribution in [0.4, 0.5) is 0 Å². The molecule has 146 valence electrons. The van der Waals surface area contributed by atoms with E-state index in [-0.39, 0.29) is 11.9 Å². The molecule has 3 aromatic heterocycles. The second-order valence-electron chi connectivity index (χ2n) is 7.38. The molecule has 0 saturated heterocycles. The number of rotatable bonds is 3.